The molecule has 1 heterocycles. The third-order valence-corrected chi connectivity index (χ3v) is 4.00. The molecule has 0 saturated carbocycles. The standard InChI is InChI=1S/C14H21ClN2O/c1-9-8-17(6-5-14(9)18)13-4-3-11(10(2)16)7-12(13)15/h3-4,7,9-10,14,18H,5-6,8,16H2,1-2H3. The quantitative estimate of drug-likeness (QED) is 0.867. The molecule has 0 bridgehead atoms. The molecule has 1 aliphatic heterocycles. The summed E-state index contributed by atoms with van der Waals surface area (Å²) in [4.78, 5) is 2.24. The number of aliphatic hydroxyl groups is 1. The fourth-order valence-electron chi connectivity index (χ4n) is 2.41. The number of hydrogen-bond donors (Lipinski definition) is 2. The molecule has 3 atom stereocenters. The van der Waals surface area contributed by atoms with Crippen molar-refractivity contribution in [3.05, 3.63) is 28.8 Å². The molecule has 1 aromatic carbocycles. The monoisotopic (exact) mass is 268 g/mol. The Hall–Kier alpha value is -0.770. The number of anilines is 1. The number of rotatable bonds is 2. The summed E-state index contributed by atoms with van der Waals surface area (Å²) in [5.41, 5.74) is 7.94. The predicted octanol–water partition coefficient (Wildman–Crippen LogP) is 2.57. The van der Waals surface area contributed by atoms with E-state index < -0.39 is 0 Å². The molecule has 0 aromatic heterocycles. The maximum atomic E-state index is 9.75. The van der Waals surface area contributed by atoms with Crippen LogP contribution < -0.4 is 10.6 Å². The fraction of sp³-hybridized carbons (Fsp3) is 0.571. The number of nitrogens with zero attached hydrogens (tertiary/aromatic N) is 1. The van der Waals surface area contributed by atoms with E-state index in [-0.39, 0.29) is 18.1 Å². The molecule has 0 radical (unpaired) electrons. The van der Waals surface area contributed by atoms with E-state index in [0.29, 0.717) is 0 Å². The Morgan fingerprint density at radius 1 is 1.50 bits per heavy atom. The second-order valence-corrected chi connectivity index (χ2v) is 5.69. The molecule has 0 amide bonds. The van der Waals surface area contributed by atoms with Crippen LogP contribution in [0.2, 0.25) is 5.02 Å². The van der Waals surface area contributed by atoms with Crippen LogP contribution in [0.25, 0.3) is 0 Å². The van der Waals surface area contributed by atoms with Gasteiger partial charge >= 0.3 is 0 Å². The smallest absolute Gasteiger partial charge is 0.0642 e. The molecule has 0 aliphatic carbocycles. The Labute approximate surface area is 114 Å². The van der Waals surface area contributed by atoms with Crippen molar-refractivity contribution >= 4 is 17.3 Å². The minimum Gasteiger partial charge on any atom is -0.393 e. The van der Waals surface area contributed by atoms with Crippen LogP contribution in [0.4, 0.5) is 5.69 Å². The van der Waals surface area contributed by atoms with Gasteiger partial charge in [-0.1, -0.05) is 24.6 Å². The molecule has 3 N–H and O–H groups in total. The lowest BCUT2D eigenvalue weighted by Gasteiger charge is -2.36. The second-order valence-electron chi connectivity index (χ2n) is 5.28. The highest BCUT2D eigenvalue weighted by molar-refractivity contribution is 6.33. The number of hydrogen-bond acceptors (Lipinski definition) is 3. The lowest BCUT2D eigenvalue weighted by molar-refractivity contribution is 0.0971. The average molecular weight is 269 g/mol. The van der Waals surface area contributed by atoms with Gasteiger partial charge in [0.15, 0.2) is 0 Å². The minimum atomic E-state index is -0.191. The lowest BCUT2D eigenvalue weighted by atomic mass is 9.96. The van der Waals surface area contributed by atoms with Crippen LogP contribution in [0.1, 0.15) is 31.9 Å². The maximum Gasteiger partial charge on any atom is 0.0642 e. The molecule has 2 rings (SSSR count). The Bertz CT molecular complexity index is 422. The number of piperidine rings is 1. The highest BCUT2D eigenvalue weighted by Gasteiger charge is 2.25. The van der Waals surface area contributed by atoms with Crippen molar-refractivity contribution in [1.82, 2.24) is 0 Å². The van der Waals surface area contributed by atoms with Crippen LogP contribution in [-0.2, 0) is 0 Å². The van der Waals surface area contributed by atoms with Gasteiger partial charge in [0.1, 0.15) is 0 Å². The van der Waals surface area contributed by atoms with Crippen molar-refractivity contribution in [2.24, 2.45) is 11.7 Å². The highest BCUT2D eigenvalue weighted by Crippen LogP contribution is 2.31. The van der Waals surface area contributed by atoms with Crippen molar-refractivity contribution in [2.45, 2.75) is 32.4 Å². The first-order valence-corrected chi connectivity index (χ1v) is 6.85. The minimum absolute atomic E-state index is 0.00125. The number of halogens is 1. The Morgan fingerprint density at radius 2 is 2.22 bits per heavy atom. The van der Waals surface area contributed by atoms with Crippen molar-refractivity contribution in [1.29, 1.82) is 0 Å². The van der Waals surface area contributed by atoms with E-state index >= 15 is 0 Å². The van der Waals surface area contributed by atoms with Gasteiger partial charge in [0.25, 0.3) is 0 Å². The zero-order valence-electron chi connectivity index (χ0n) is 10.9. The van der Waals surface area contributed by atoms with Crippen LogP contribution >= 0.6 is 11.6 Å². The zero-order valence-corrected chi connectivity index (χ0v) is 11.7. The van der Waals surface area contributed by atoms with Crippen LogP contribution in [0.15, 0.2) is 18.2 Å². The fourth-order valence-corrected chi connectivity index (χ4v) is 2.72. The van der Waals surface area contributed by atoms with Gasteiger partial charge in [-0.2, -0.15) is 0 Å². The molecule has 1 aromatic rings. The Balaban J connectivity index is 2.19. The topological polar surface area (TPSA) is 49.5 Å². The zero-order chi connectivity index (χ0) is 13.3. The number of aliphatic hydroxyl groups excluding tert-OH is 1. The third kappa shape index (κ3) is 2.79. The van der Waals surface area contributed by atoms with Gasteiger partial charge in [-0.3, -0.25) is 0 Å². The first-order valence-electron chi connectivity index (χ1n) is 6.47. The molecule has 1 fully saturated rings. The van der Waals surface area contributed by atoms with Gasteiger partial charge in [-0.15, -0.1) is 0 Å². The summed E-state index contributed by atoms with van der Waals surface area (Å²) in [6.07, 6.45) is 0.607. The second kappa shape index (κ2) is 5.47. The molecule has 3 nitrogen and oxygen atoms in total. The lowest BCUT2D eigenvalue weighted by Crippen LogP contribution is -2.42. The predicted molar refractivity (Wildman–Crippen MR) is 76.1 cm³/mol. The van der Waals surface area contributed by atoms with Crippen LogP contribution in [0, 0.1) is 5.92 Å². The normalized spacial score (nSPS) is 26.2. The van der Waals surface area contributed by atoms with Crippen LogP contribution in [-0.4, -0.2) is 24.3 Å². The third-order valence-electron chi connectivity index (χ3n) is 3.70. The largest absolute Gasteiger partial charge is 0.393 e. The van der Waals surface area contributed by atoms with Crippen LogP contribution in [0.3, 0.4) is 0 Å². The van der Waals surface area contributed by atoms with Gasteiger partial charge in [-0.25, -0.2) is 0 Å². The van der Waals surface area contributed by atoms with Gasteiger partial charge < -0.3 is 15.7 Å². The van der Waals surface area contributed by atoms with E-state index in [2.05, 4.69) is 11.8 Å². The summed E-state index contributed by atoms with van der Waals surface area (Å²) < 4.78 is 0. The van der Waals surface area contributed by atoms with Gasteiger partial charge in [0.2, 0.25) is 0 Å². The molecule has 100 valence electrons. The SMILES string of the molecule is CC(N)c1ccc(N2CCC(O)C(C)C2)c(Cl)c1. The van der Waals surface area contributed by atoms with E-state index in [9.17, 15) is 5.11 Å². The maximum absolute atomic E-state index is 9.75. The summed E-state index contributed by atoms with van der Waals surface area (Å²) in [7, 11) is 0. The summed E-state index contributed by atoms with van der Waals surface area (Å²) in [6.45, 7) is 5.72. The van der Waals surface area contributed by atoms with Gasteiger partial charge in [0, 0.05) is 19.1 Å². The average Bonchev–Trinajstić information content (AvgIpc) is 2.32. The summed E-state index contributed by atoms with van der Waals surface area (Å²) >= 11 is 6.33. The van der Waals surface area contributed by atoms with E-state index in [1.807, 2.05) is 25.1 Å². The molecule has 0 spiro atoms. The highest BCUT2D eigenvalue weighted by atomic mass is 35.5. The Morgan fingerprint density at radius 3 is 2.78 bits per heavy atom. The van der Waals surface area contributed by atoms with Crippen molar-refractivity contribution in [3.63, 3.8) is 0 Å². The van der Waals surface area contributed by atoms with E-state index in [1.165, 1.54) is 0 Å². The molecule has 18 heavy (non-hydrogen) atoms. The van der Waals surface area contributed by atoms with Crippen LogP contribution in [0.5, 0.6) is 0 Å². The molecule has 1 saturated heterocycles. The Kier molecular flexibility index (Phi) is 4.15. The molecule has 4 heteroatoms. The molecule has 1 aliphatic rings. The number of benzene rings is 1. The van der Waals surface area contributed by atoms with E-state index in [4.69, 9.17) is 17.3 Å². The summed E-state index contributed by atoms with van der Waals surface area (Å²) in [5.74, 6) is 0.280. The molecular formula is C14H21ClN2O. The van der Waals surface area contributed by atoms with Crippen molar-refractivity contribution in [3.8, 4) is 0 Å². The summed E-state index contributed by atoms with van der Waals surface area (Å²) in [6, 6.07) is 6.00. The van der Waals surface area contributed by atoms with Gasteiger partial charge in [-0.05, 0) is 37.0 Å². The molecular weight excluding hydrogens is 248 g/mol. The first-order chi connectivity index (χ1) is 8.49. The number of nitrogens with two attached hydrogens (primary N) is 1. The van der Waals surface area contributed by atoms with E-state index in [1.54, 1.807) is 0 Å². The van der Waals surface area contributed by atoms with E-state index in [0.717, 1.165) is 35.8 Å². The van der Waals surface area contributed by atoms with Crippen molar-refractivity contribution in [2.75, 3.05) is 18.0 Å². The molecule has 3 unspecified atom stereocenters. The van der Waals surface area contributed by atoms with Gasteiger partial charge in [0.05, 0.1) is 16.8 Å². The summed E-state index contributed by atoms with van der Waals surface area (Å²) in [5, 5.41) is 10.5. The van der Waals surface area contributed by atoms with Crippen molar-refractivity contribution < 1.29 is 5.11 Å². The first kappa shape index (κ1) is 13.7.